The number of nitrogens with one attached hydrogen (secondary N) is 1. The van der Waals surface area contributed by atoms with Gasteiger partial charge in [0.25, 0.3) is 0 Å². The summed E-state index contributed by atoms with van der Waals surface area (Å²) in [4.78, 5) is 6.61. The van der Waals surface area contributed by atoms with E-state index in [1.54, 1.807) is 13.3 Å². The molecule has 0 radical (unpaired) electrons. The molecule has 2 unspecified atom stereocenters. The number of anilines is 1. The van der Waals surface area contributed by atoms with Crippen LogP contribution in [0.2, 0.25) is 5.02 Å². The van der Waals surface area contributed by atoms with Crippen LogP contribution in [0.25, 0.3) is 11.3 Å². The highest BCUT2D eigenvalue weighted by atomic mass is 79.9. The minimum Gasteiger partial charge on any atom is -0.490 e. The van der Waals surface area contributed by atoms with Gasteiger partial charge in [-0.1, -0.05) is 45.7 Å². The van der Waals surface area contributed by atoms with Crippen molar-refractivity contribution < 1.29 is 13.9 Å². The predicted octanol–water partition coefficient (Wildman–Crippen LogP) is 6.96. The van der Waals surface area contributed by atoms with Crippen molar-refractivity contribution in [1.29, 1.82) is 0 Å². The van der Waals surface area contributed by atoms with Crippen LogP contribution in [0.5, 0.6) is 5.75 Å². The minimum absolute atomic E-state index is 0.223. The molecule has 0 aliphatic carbocycles. The Kier molecular flexibility index (Phi) is 7.57. The van der Waals surface area contributed by atoms with Crippen LogP contribution >= 0.6 is 39.7 Å². The molecule has 36 heavy (non-hydrogen) atoms. The first-order chi connectivity index (χ1) is 17.5. The van der Waals surface area contributed by atoms with Gasteiger partial charge < -0.3 is 24.1 Å². The van der Waals surface area contributed by atoms with Gasteiger partial charge in [-0.2, -0.15) is 0 Å². The van der Waals surface area contributed by atoms with Gasteiger partial charge in [0.1, 0.15) is 29.9 Å². The average molecular weight is 585 g/mol. The third kappa shape index (κ3) is 5.13. The molecule has 1 N–H and O–H groups in total. The number of aromatic nitrogens is 1. The number of hydrogen-bond donors (Lipinski definition) is 1. The van der Waals surface area contributed by atoms with Crippen LogP contribution in [0.4, 0.5) is 5.69 Å². The summed E-state index contributed by atoms with van der Waals surface area (Å²) in [6.07, 6.45) is 1.78. The van der Waals surface area contributed by atoms with E-state index in [0.717, 1.165) is 32.9 Å². The first-order valence-electron chi connectivity index (χ1n) is 11.3. The number of ether oxygens (including phenoxy) is 2. The van der Waals surface area contributed by atoms with E-state index in [-0.39, 0.29) is 12.1 Å². The average Bonchev–Trinajstić information content (AvgIpc) is 3.51. The lowest BCUT2D eigenvalue weighted by molar-refractivity contribution is 0.146. The maximum absolute atomic E-state index is 6.58. The molecule has 9 heteroatoms. The Morgan fingerprint density at radius 3 is 2.64 bits per heavy atom. The fourth-order valence-corrected chi connectivity index (χ4v) is 5.03. The van der Waals surface area contributed by atoms with Crippen molar-refractivity contribution in [2.45, 2.75) is 12.1 Å². The molecular weight excluding hydrogens is 562 g/mol. The lowest BCUT2D eigenvalue weighted by Crippen LogP contribution is -2.29. The fraction of sp³-hybridized carbons (Fsp3) is 0.185. The van der Waals surface area contributed by atoms with E-state index in [1.807, 2.05) is 77.7 Å². The van der Waals surface area contributed by atoms with Crippen molar-refractivity contribution in [3.8, 4) is 17.1 Å². The number of hydrogen-bond acceptors (Lipinski definition) is 5. The van der Waals surface area contributed by atoms with E-state index in [4.69, 9.17) is 37.7 Å². The second-order valence-corrected chi connectivity index (χ2v) is 9.87. The molecule has 2 aromatic heterocycles. The number of rotatable bonds is 8. The summed E-state index contributed by atoms with van der Waals surface area (Å²) in [5.41, 5.74) is 2.67. The Balaban J connectivity index is 1.52. The second-order valence-electron chi connectivity index (χ2n) is 8.16. The summed E-state index contributed by atoms with van der Waals surface area (Å²) < 4.78 is 18.2. The lowest BCUT2D eigenvalue weighted by Gasteiger charge is -2.26. The molecule has 2 aromatic carbocycles. The Labute approximate surface area is 228 Å². The Bertz CT molecular complexity index is 1350. The van der Waals surface area contributed by atoms with Gasteiger partial charge in [-0.05, 0) is 66.8 Å². The lowest BCUT2D eigenvalue weighted by atomic mass is 10.0. The van der Waals surface area contributed by atoms with Gasteiger partial charge in [-0.3, -0.25) is 4.98 Å². The summed E-state index contributed by atoms with van der Waals surface area (Å²) >= 11 is 15.9. The van der Waals surface area contributed by atoms with Crippen molar-refractivity contribution in [3.63, 3.8) is 0 Å². The molecule has 0 amide bonds. The monoisotopic (exact) mass is 583 g/mol. The number of pyridine rings is 1. The molecule has 0 bridgehead atoms. The number of furan rings is 1. The highest BCUT2D eigenvalue weighted by Gasteiger charge is 2.42. The zero-order chi connectivity index (χ0) is 25.1. The Morgan fingerprint density at radius 1 is 1.08 bits per heavy atom. The van der Waals surface area contributed by atoms with Crippen LogP contribution < -0.4 is 15.0 Å². The molecule has 4 aromatic rings. The van der Waals surface area contributed by atoms with Gasteiger partial charge in [0.2, 0.25) is 0 Å². The topological polar surface area (TPSA) is 59.8 Å². The van der Waals surface area contributed by atoms with Crippen molar-refractivity contribution in [2.24, 2.45) is 0 Å². The van der Waals surface area contributed by atoms with E-state index in [9.17, 15) is 0 Å². The molecule has 0 spiro atoms. The van der Waals surface area contributed by atoms with E-state index < -0.39 is 0 Å². The number of methoxy groups -OCH3 is 1. The van der Waals surface area contributed by atoms with Gasteiger partial charge in [0.15, 0.2) is 5.11 Å². The third-order valence-electron chi connectivity index (χ3n) is 5.88. The molecule has 1 saturated heterocycles. The first kappa shape index (κ1) is 24.8. The highest BCUT2D eigenvalue weighted by molar-refractivity contribution is 9.10. The van der Waals surface area contributed by atoms with Gasteiger partial charge in [-0.25, -0.2) is 0 Å². The maximum Gasteiger partial charge on any atom is 0.174 e. The standard InChI is InChI=1S/C27H23BrClN3O3S/c1-33-14-15-34-23-10-9-19(16-20(23)29)32-26(25(31-27(32)36)21-4-2-3-13-30-21)24-12-11-22(35-24)17-5-7-18(28)8-6-17/h2-13,16,25-26H,14-15H2,1H3,(H,31,36). The van der Waals surface area contributed by atoms with Gasteiger partial charge in [0.05, 0.1) is 23.4 Å². The smallest absolute Gasteiger partial charge is 0.174 e. The van der Waals surface area contributed by atoms with Gasteiger partial charge in [0, 0.05) is 29.0 Å². The summed E-state index contributed by atoms with van der Waals surface area (Å²) in [6.45, 7) is 0.889. The van der Waals surface area contributed by atoms with Crippen LogP contribution in [0.15, 0.2) is 87.9 Å². The van der Waals surface area contributed by atoms with Gasteiger partial charge >= 0.3 is 0 Å². The van der Waals surface area contributed by atoms with Gasteiger partial charge in [-0.15, -0.1) is 0 Å². The molecule has 0 saturated carbocycles. The molecule has 1 aliphatic rings. The number of thiocarbonyl (C=S) groups is 1. The molecule has 184 valence electrons. The molecule has 1 fully saturated rings. The molecule has 6 nitrogen and oxygen atoms in total. The maximum atomic E-state index is 6.58. The number of benzene rings is 2. The van der Waals surface area contributed by atoms with E-state index in [2.05, 4.69) is 26.2 Å². The second kappa shape index (κ2) is 11.0. The van der Waals surface area contributed by atoms with Crippen LogP contribution in [0, 0.1) is 0 Å². The fourth-order valence-electron chi connectivity index (χ4n) is 4.19. The van der Waals surface area contributed by atoms with Crippen molar-refractivity contribution in [3.05, 3.63) is 99.9 Å². The van der Waals surface area contributed by atoms with Crippen LogP contribution in [0.3, 0.4) is 0 Å². The molecular formula is C27H23BrClN3O3S. The molecule has 1 aliphatic heterocycles. The molecule has 3 heterocycles. The number of halogens is 2. The predicted molar refractivity (Wildman–Crippen MR) is 149 cm³/mol. The Hall–Kier alpha value is -2.91. The summed E-state index contributed by atoms with van der Waals surface area (Å²) in [6, 6.07) is 22.9. The quantitative estimate of drug-likeness (QED) is 0.177. The van der Waals surface area contributed by atoms with Crippen LogP contribution in [0.1, 0.15) is 23.5 Å². The molecule has 5 rings (SSSR count). The van der Waals surface area contributed by atoms with Crippen molar-refractivity contribution in [1.82, 2.24) is 10.3 Å². The van der Waals surface area contributed by atoms with Crippen LogP contribution in [-0.2, 0) is 4.74 Å². The number of nitrogens with zero attached hydrogens (tertiary/aromatic N) is 2. The van der Waals surface area contributed by atoms with E-state index >= 15 is 0 Å². The zero-order valence-corrected chi connectivity index (χ0v) is 22.5. The highest BCUT2D eigenvalue weighted by Crippen LogP contribution is 2.44. The summed E-state index contributed by atoms with van der Waals surface area (Å²) in [5.74, 6) is 2.12. The van der Waals surface area contributed by atoms with Crippen LogP contribution in [-0.4, -0.2) is 30.4 Å². The SMILES string of the molecule is COCCOc1ccc(N2C(=S)NC(c3ccccn3)C2c2ccc(-c3ccc(Br)cc3)o2)cc1Cl. The normalized spacial score (nSPS) is 17.3. The van der Waals surface area contributed by atoms with Crippen molar-refractivity contribution in [2.75, 3.05) is 25.2 Å². The summed E-state index contributed by atoms with van der Waals surface area (Å²) in [5, 5.41) is 4.48. The summed E-state index contributed by atoms with van der Waals surface area (Å²) in [7, 11) is 1.63. The Morgan fingerprint density at radius 2 is 1.92 bits per heavy atom. The minimum atomic E-state index is -0.284. The zero-order valence-electron chi connectivity index (χ0n) is 19.4. The first-order valence-corrected chi connectivity index (χ1v) is 12.9. The third-order valence-corrected chi connectivity index (χ3v) is 7.02. The molecule has 2 atom stereocenters. The van der Waals surface area contributed by atoms with Crippen molar-refractivity contribution >= 4 is 50.5 Å². The largest absolute Gasteiger partial charge is 0.490 e. The van der Waals surface area contributed by atoms with E-state index in [0.29, 0.717) is 29.1 Å². The van der Waals surface area contributed by atoms with E-state index in [1.165, 1.54) is 0 Å².